The molecule has 0 aromatic carbocycles. The number of hydrogen-bond donors (Lipinski definition) is 0. The number of carbonyl (C=O) groups is 2. The molecule has 3 aromatic heterocycles. The minimum atomic E-state index is 0.0835. The standard InChI is InChI=1S/C19H20N6O2S2/c26-15-4-2-6-25(15)19-21-13(12-28-19)11-16(27)23-7-9-24(10-8-23)18-22-14-3-1-5-20-17(14)29-18/h1,3,5,12H,2,4,6-11H2. The fourth-order valence-corrected chi connectivity index (χ4v) is 5.49. The van der Waals surface area contributed by atoms with Crippen molar-refractivity contribution in [2.24, 2.45) is 0 Å². The van der Waals surface area contributed by atoms with Crippen molar-refractivity contribution < 1.29 is 9.59 Å². The number of thiazole rings is 2. The number of hydrogen-bond acceptors (Lipinski definition) is 8. The largest absolute Gasteiger partial charge is 0.344 e. The minimum Gasteiger partial charge on any atom is -0.344 e. The molecule has 2 aliphatic heterocycles. The van der Waals surface area contributed by atoms with Crippen LogP contribution in [0, 0.1) is 0 Å². The molecule has 2 saturated heterocycles. The average Bonchev–Trinajstić information content (AvgIpc) is 3.47. The van der Waals surface area contributed by atoms with Gasteiger partial charge in [0.25, 0.3) is 0 Å². The highest BCUT2D eigenvalue weighted by Gasteiger charge is 2.26. The van der Waals surface area contributed by atoms with Gasteiger partial charge in [-0.3, -0.25) is 14.5 Å². The Balaban J connectivity index is 1.18. The van der Waals surface area contributed by atoms with E-state index in [1.807, 2.05) is 22.4 Å². The van der Waals surface area contributed by atoms with Crippen molar-refractivity contribution in [3.63, 3.8) is 0 Å². The fraction of sp³-hybridized carbons (Fsp3) is 0.421. The normalized spacial score (nSPS) is 17.5. The van der Waals surface area contributed by atoms with Crippen LogP contribution in [0.5, 0.6) is 0 Å². The van der Waals surface area contributed by atoms with Crippen LogP contribution < -0.4 is 9.80 Å². The summed E-state index contributed by atoms with van der Waals surface area (Å²) in [7, 11) is 0. The Bertz CT molecular complexity index is 1020. The molecular formula is C19H20N6O2S2. The zero-order valence-electron chi connectivity index (χ0n) is 15.8. The molecule has 0 spiro atoms. The lowest BCUT2D eigenvalue weighted by atomic mass is 10.2. The molecule has 0 unspecified atom stereocenters. The van der Waals surface area contributed by atoms with E-state index in [1.54, 1.807) is 22.4 Å². The highest BCUT2D eigenvalue weighted by atomic mass is 32.1. The maximum absolute atomic E-state index is 12.7. The summed E-state index contributed by atoms with van der Waals surface area (Å²) in [5.41, 5.74) is 1.66. The van der Waals surface area contributed by atoms with E-state index in [0.29, 0.717) is 24.6 Å². The number of piperazine rings is 1. The van der Waals surface area contributed by atoms with E-state index in [9.17, 15) is 9.59 Å². The van der Waals surface area contributed by atoms with Crippen LogP contribution in [0.4, 0.5) is 10.3 Å². The molecule has 29 heavy (non-hydrogen) atoms. The number of rotatable bonds is 4. The number of nitrogens with zero attached hydrogens (tertiary/aromatic N) is 6. The van der Waals surface area contributed by atoms with Gasteiger partial charge < -0.3 is 9.80 Å². The van der Waals surface area contributed by atoms with Crippen LogP contribution in [-0.4, -0.2) is 64.4 Å². The van der Waals surface area contributed by atoms with Gasteiger partial charge in [-0.1, -0.05) is 11.3 Å². The smallest absolute Gasteiger partial charge is 0.228 e. The Labute approximate surface area is 175 Å². The molecule has 150 valence electrons. The molecule has 5 rings (SSSR count). The summed E-state index contributed by atoms with van der Waals surface area (Å²) in [5.74, 6) is 0.207. The second-order valence-electron chi connectivity index (χ2n) is 7.14. The van der Waals surface area contributed by atoms with Crippen LogP contribution in [0.2, 0.25) is 0 Å². The number of carbonyl (C=O) groups excluding carboxylic acids is 2. The zero-order valence-corrected chi connectivity index (χ0v) is 17.4. The summed E-state index contributed by atoms with van der Waals surface area (Å²) >= 11 is 3.03. The molecule has 0 aliphatic carbocycles. The first-order valence-corrected chi connectivity index (χ1v) is 11.4. The Morgan fingerprint density at radius 1 is 1.10 bits per heavy atom. The van der Waals surface area contributed by atoms with Crippen LogP contribution in [0.25, 0.3) is 10.3 Å². The Hall–Kier alpha value is -2.59. The number of pyridine rings is 1. The topological polar surface area (TPSA) is 82.5 Å². The third kappa shape index (κ3) is 3.69. The van der Waals surface area contributed by atoms with Crippen molar-refractivity contribution in [3.8, 4) is 0 Å². The van der Waals surface area contributed by atoms with Crippen molar-refractivity contribution >= 4 is 55.1 Å². The molecule has 0 bridgehead atoms. The second kappa shape index (κ2) is 7.68. The van der Waals surface area contributed by atoms with Crippen LogP contribution in [0.1, 0.15) is 18.5 Å². The summed E-state index contributed by atoms with van der Waals surface area (Å²) in [6, 6.07) is 3.87. The molecule has 0 radical (unpaired) electrons. The van der Waals surface area contributed by atoms with Gasteiger partial charge in [-0.05, 0) is 18.6 Å². The molecule has 5 heterocycles. The maximum Gasteiger partial charge on any atom is 0.228 e. The minimum absolute atomic E-state index is 0.0835. The lowest BCUT2D eigenvalue weighted by Gasteiger charge is -2.34. The van der Waals surface area contributed by atoms with Crippen LogP contribution in [0.3, 0.4) is 0 Å². The zero-order chi connectivity index (χ0) is 19.8. The van der Waals surface area contributed by atoms with Crippen molar-refractivity contribution in [1.82, 2.24) is 19.9 Å². The summed E-state index contributed by atoms with van der Waals surface area (Å²) in [6.07, 6.45) is 3.53. The van der Waals surface area contributed by atoms with Gasteiger partial charge in [-0.15, -0.1) is 11.3 Å². The van der Waals surface area contributed by atoms with Crippen molar-refractivity contribution in [3.05, 3.63) is 29.4 Å². The highest BCUT2D eigenvalue weighted by Crippen LogP contribution is 2.28. The first-order chi connectivity index (χ1) is 14.2. The van der Waals surface area contributed by atoms with Crippen LogP contribution >= 0.6 is 22.7 Å². The van der Waals surface area contributed by atoms with Gasteiger partial charge in [0, 0.05) is 50.7 Å². The number of fused-ring (bicyclic) bond motifs is 1. The Morgan fingerprint density at radius 2 is 1.97 bits per heavy atom. The molecule has 0 atom stereocenters. The third-order valence-electron chi connectivity index (χ3n) is 5.23. The molecule has 2 amide bonds. The molecule has 2 fully saturated rings. The van der Waals surface area contributed by atoms with E-state index >= 15 is 0 Å². The predicted molar refractivity (Wildman–Crippen MR) is 114 cm³/mol. The summed E-state index contributed by atoms with van der Waals surface area (Å²) in [6.45, 7) is 3.59. The molecule has 0 N–H and O–H groups in total. The lowest BCUT2D eigenvalue weighted by molar-refractivity contribution is -0.130. The fourth-order valence-electron chi connectivity index (χ4n) is 3.66. The monoisotopic (exact) mass is 428 g/mol. The van der Waals surface area contributed by atoms with Gasteiger partial charge >= 0.3 is 0 Å². The van der Waals surface area contributed by atoms with Gasteiger partial charge in [-0.2, -0.15) is 0 Å². The molecule has 3 aromatic rings. The summed E-state index contributed by atoms with van der Waals surface area (Å²) < 4.78 is 0. The Kier molecular flexibility index (Phi) is 4.88. The highest BCUT2D eigenvalue weighted by molar-refractivity contribution is 7.21. The first kappa shape index (κ1) is 18.4. The quantitative estimate of drug-likeness (QED) is 0.633. The molecule has 10 heteroatoms. The number of anilines is 2. The van der Waals surface area contributed by atoms with Gasteiger partial charge in [0.05, 0.1) is 12.1 Å². The van der Waals surface area contributed by atoms with Gasteiger partial charge in [0.15, 0.2) is 10.3 Å². The van der Waals surface area contributed by atoms with E-state index in [1.165, 1.54) is 11.3 Å². The molecule has 8 nitrogen and oxygen atoms in total. The second-order valence-corrected chi connectivity index (χ2v) is 8.93. The predicted octanol–water partition coefficient (Wildman–Crippen LogP) is 2.17. The lowest BCUT2D eigenvalue weighted by Crippen LogP contribution is -2.49. The SMILES string of the molecule is O=C(Cc1csc(N2CCCC2=O)n1)N1CCN(c2nc3cccnc3s2)CC1. The molecular weight excluding hydrogens is 408 g/mol. The van der Waals surface area contributed by atoms with Crippen molar-refractivity contribution in [2.75, 3.05) is 42.5 Å². The van der Waals surface area contributed by atoms with E-state index in [0.717, 1.165) is 47.2 Å². The van der Waals surface area contributed by atoms with Crippen molar-refractivity contribution in [1.29, 1.82) is 0 Å². The van der Waals surface area contributed by atoms with Gasteiger partial charge in [0.1, 0.15) is 10.3 Å². The van der Waals surface area contributed by atoms with Crippen LogP contribution in [-0.2, 0) is 16.0 Å². The van der Waals surface area contributed by atoms with Crippen LogP contribution in [0.15, 0.2) is 23.7 Å². The first-order valence-electron chi connectivity index (χ1n) is 9.66. The Morgan fingerprint density at radius 3 is 2.72 bits per heavy atom. The van der Waals surface area contributed by atoms with Gasteiger partial charge in [0.2, 0.25) is 11.8 Å². The van der Waals surface area contributed by atoms with E-state index in [-0.39, 0.29) is 18.2 Å². The average molecular weight is 429 g/mol. The van der Waals surface area contributed by atoms with E-state index in [4.69, 9.17) is 0 Å². The maximum atomic E-state index is 12.7. The van der Waals surface area contributed by atoms with Gasteiger partial charge in [-0.25, -0.2) is 15.0 Å². The summed E-state index contributed by atoms with van der Waals surface area (Å²) in [5, 5.41) is 3.57. The number of aromatic nitrogens is 3. The van der Waals surface area contributed by atoms with E-state index in [2.05, 4.69) is 19.9 Å². The van der Waals surface area contributed by atoms with Crippen molar-refractivity contribution in [2.45, 2.75) is 19.3 Å². The third-order valence-corrected chi connectivity index (χ3v) is 7.19. The summed E-state index contributed by atoms with van der Waals surface area (Å²) in [4.78, 5) is 44.9. The number of amides is 2. The molecule has 2 aliphatic rings. The molecule has 0 saturated carbocycles. The van der Waals surface area contributed by atoms with E-state index < -0.39 is 0 Å².